The molecule has 1 spiro atoms. The second kappa shape index (κ2) is 6.23. The first-order valence-corrected chi connectivity index (χ1v) is 7.73. The van der Waals surface area contributed by atoms with Gasteiger partial charge in [-0.2, -0.15) is 0 Å². The number of ether oxygens (including phenoxy) is 1. The van der Waals surface area contributed by atoms with E-state index in [1.807, 2.05) is 13.8 Å². The molecule has 4 nitrogen and oxygen atoms in total. The van der Waals surface area contributed by atoms with Crippen LogP contribution in [0.2, 0.25) is 0 Å². The molecule has 0 heterocycles. The Morgan fingerprint density at radius 2 is 2.16 bits per heavy atom. The first-order valence-electron chi connectivity index (χ1n) is 7.73. The van der Waals surface area contributed by atoms with Gasteiger partial charge in [-0.3, -0.25) is 4.79 Å². The number of hydrogen-bond donors (Lipinski definition) is 2. The van der Waals surface area contributed by atoms with Crippen LogP contribution < -0.4 is 10.6 Å². The largest absolute Gasteiger partial charge is 0.378 e. The predicted octanol–water partition coefficient (Wildman–Crippen LogP) is 1.84. The summed E-state index contributed by atoms with van der Waals surface area (Å²) >= 11 is 0. The van der Waals surface area contributed by atoms with Crippen LogP contribution in [0.25, 0.3) is 0 Å². The van der Waals surface area contributed by atoms with E-state index in [1.165, 1.54) is 19.3 Å². The van der Waals surface area contributed by atoms with Crippen molar-refractivity contribution in [3.05, 3.63) is 0 Å². The molecule has 0 aromatic heterocycles. The Hall–Kier alpha value is -0.610. The first kappa shape index (κ1) is 14.8. The van der Waals surface area contributed by atoms with Gasteiger partial charge in [-0.1, -0.05) is 6.42 Å². The monoisotopic (exact) mass is 268 g/mol. The van der Waals surface area contributed by atoms with E-state index in [0.29, 0.717) is 24.0 Å². The summed E-state index contributed by atoms with van der Waals surface area (Å²) < 4.78 is 5.83. The summed E-state index contributed by atoms with van der Waals surface area (Å²) in [7, 11) is 0. The maximum absolute atomic E-state index is 11.6. The molecule has 2 aliphatic carbocycles. The number of nitrogens with one attached hydrogen (secondary N) is 2. The van der Waals surface area contributed by atoms with Crippen molar-refractivity contribution in [3.8, 4) is 0 Å². The molecule has 2 N–H and O–H groups in total. The predicted molar refractivity (Wildman–Crippen MR) is 76.0 cm³/mol. The zero-order valence-electron chi connectivity index (χ0n) is 12.5. The minimum Gasteiger partial charge on any atom is -0.378 e. The Balaban J connectivity index is 1.68. The van der Waals surface area contributed by atoms with Gasteiger partial charge in [0, 0.05) is 37.1 Å². The lowest BCUT2D eigenvalue weighted by atomic mass is 9.51. The van der Waals surface area contributed by atoms with Crippen molar-refractivity contribution in [3.63, 3.8) is 0 Å². The molecule has 0 aliphatic heterocycles. The highest BCUT2D eigenvalue weighted by molar-refractivity contribution is 5.76. The Morgan fingerprint density at radius 3 is 2.68 bits per heavy atom. The number of carbonyl (C=O) groups is 1. The van der Waals surface area contributed by atoms with E-state index in [-0.39, 0.29) is 11.9 Å². The van der Waals surface area contributed by atoms with Gasteiger partial charge in [-0.25, -0.2) is 0 Å². The Labute approximate surface area is 116 Å². The molecular weight excluding hydrogens is 240 g/mol. The number of carbonyl (C=O) groups excluding carboxylic acids is 1. The molecule has 2 aliphatic rings. The maximum atomic E-state index is 11.6. The summed E-state index contributed by atoms with van der Waals surface area (Å²) in [6.45, 7) is 7.66. The number of hydrogen-bond acceptors (Lipinski definition) is 3. The van der Waals surface area contributed by atoms with Gasteiger partial charge < -0.3 is 15.4 Å². The van der Waals surface area contributed by atoms with E-state index >= 15 is 0 Å². The molecule has 110 valence electrons. The van der Waals surface area contributed by atoms with Gasteiger partial charge in [0.1, 0.15) is 0 Å². The van der Waals surface area contributed by atoms with Crippen molar-refractivity contribution in [2.24, 2.45) is 5.41 Å². The average Bonchev–Trinajstić information content (AvgIpc) is 2.23. The molecule has 0 aromatic carbocycles. The van der Waals surface area contributed by atoms with Crippen molar-refractivity contribution in [1.29, 1.82) is 0 Å². The van der Waals surface area contributed by atoms with E-state index in [9.17, 15) is 4.79 Å². The van der Waals surface area contributed by atoms with Crippen LogP contribution in [-0.2, 0) is 9.53 Å². The molecule has 2 rings (SSSR count). The second-order valence-corrected chi connectivity index (χ2v) is 6.25. The molecule has 2 fully saturated rings. The van der Waals surface area contributed by atoms with Gasteiger partial charge in [-0.05, 0) is 40.0 Å². The molecular formula is C15H28N2O2. The van der Waals surface area contributed by atoms with Gasteiger partial charge in [0.15, 0.2) is 0 Å². The van der Waals surface area contributed by atoms with Crippen LogP contribution in [-0.4, -0.2) is 37.2 Å². The van der Waals surface area contributed by atoms with E-state index in [1.54, 1.807) is 0 Å². The topological polar surface area (TPSA) is 50.4 Å². The Bertz CT molecular complexity index is 313. The van der Waals surface area contributed by atoms with Gasteiger partial charge in [0.25, 0.3) is 0 Å². The molecule has 19 heavy (non-hydrogen) atoms. The molecule has 1 amide bonds. The van der Waals surface area contributed by atoms with Crippen LogP contribution in [0.4, 0.5) is 0 Å². The lowest BCUT2D eigenvalue weighted by molar-refractivity contribution is -0.172. The zero-order chi connectivity index (χ0) is 13.9. The van der Waals surface area contributed by atoms with E-state index in [4.69, 9.17) is 4.74 Å². The summed E-state index contributed by atoms with van der Waals surface area (Å²) in [4.78, 5) is 11.6. The van der Waals surface area contributed by atoms with Crippen molar-refractivity contribution in [2.45, 2.75) is 71.1 Å². The highest BCUT2D eigenvalue weighted by atomic mass is 16.5. The minimum absolute atomic E-state index is 0.144. The summed E-state index contributed by atoms with van der Waals surface area (Å²) in [6, 6.07) is 0.793. The normalized spacial score (nSPS) is 28.0. The van der Waals surface area contributed by atoms with E-state index in [0.717, 1.165) is 19.6 Å². The molecule has 4 heteroatoms. The number of amides is 1. The Kier molecular flexibility index (Phi) is 4.85. The zero-order valence-corrected chi connectivity index (χ0v) is 12.5. The summed E-state index contributed by atoms with van der Waals surface area (Å²) in [5.41, 5.74) is 0.393. The fourth-order valence-electron chi connectivity index (χ4n) is 3.48. The van der Waals surface area contributed by atoms with Crippen molar-refractivity contribution in [2.75, 3.05) is 13.2 Å². The Morgan fingerprint density at radius 1 is 1.42 bits per heavy atom. The molecule has 2 unspecified atom stereocenters. The van der Waals surface area contributed by atoms with Gasteiger partial charge in [0.05, 0.1) is 6.10 Å². The molecule has 2 saturated carbocycles. The SMILES string of the molecule is CCOC1CC(NCCC(=O)NC(C)C)C12CCC2. The average molecular weight is 268 g/mol. The highest BCUT2D eigenvalue weighted by Crippen LogP contribution is 2.57. The third-order valence-corrected chi connectivity index (χ3v) is 4.63. The van der Waals surface area contributed by atoms with Gasteiger partial charge in [0.2, 0.25) is 5.91 Å². The lowest BCUT2D eigenvalue weighted by Gasteiger charge is -2.61. The minimum atomic E-state index is 0.144. The molecule has 2 atom stereocenters. The molecule has 0 aromatic rings. The number of rotatable bonds is 7. The maximum Gasteiger partial charge on any atom is 0.221 e. The first-order chi connectivity index (χ1) is 9.08. The van der Waals surface area contributed by atoms with Crippen molar-refractivity contribution >= 4 is 5.91 Å². The van der Waals surface area contributed by atoms with Crippen LogP contribution >= 0.6 is 0 Å². The fraction of sp³-hybridized carbons (Fsp3) is 0.933. The molecule has 0 bridgehead atoms. The van der Waals surface area contributed by atoms with Crippen LogP contribution in [0.15, 0.2) is 0 Å². The smallest absolute Gasteiger partial charge is 0.221 e. The van der Waals surface area contributed by atoms with Crippen LogP contribution in [0, 0.1) is 5.41 Å². The summed E-state index contributed by atoms with van der Waals surface area (Å²) in [5, 5.41) is 6.49. The second-order valence-electron chi connectivity index (χ2n) is 6.25. The van der Waals surface area contributed by atoms with Crippen LogP contribution in [0.3, 0.4) is 0 Å². The molecule has 0 saturated heterocycles. The third kappa shape index (κ3) is 3.11. The van der Waals surface area contributed by atoms with Gasteiger partial charge >= 0.3 is 0 Å². The van der Waals surface area contributed by atoms with Crippen LogP contribution in [0.1, 0.15) is 52.9 Å². The van der Waals surface area contributed by atoms with E-state index < -0.39 is 0 Å². The standard InChI is InChI=1S/C15H28N2O2/c1-4-19-13-10-12(15(13)7-5-8-15)16-9-6-14(18)17-11(2)3/h11-13,16H,4-10H2,1-3H3,(H,17,18). The van der Waals surface area contributed by atoms with Crippen molar-refractivity contribution in [1.82, 2.24) is 10.6 Å². The fourth-order valence-corrected chi connectivity index (χ4v) is 3.48. The summed E-state index contributed by atoms with van der Waals surface area (Å²) in [5.74, 6) is 0.144. The van der Waals surface area contributed by atoms with Crippen molar-refractivity contribution < 1.29 is 9.53 Å². The lowest BCUT2D eigenvalue weighted by Crippen LogP contribution is -2.67. The third-order valence-electron chi connectivity index (χ3n) is 4.63. The van der Waals surface area contributed by atoms with Crippen LogP contribution in [0.5, 0.6) is 0 Å². The van der Waals surface area contributed by atoms with Gasteiger partial charge in [-0.15, -0.1) is 0 Å². The quantitative estimate of drug-likeness (QED) is 0.741. The molecule has 0 radical (unpaired) electrons. The van der Waals surface area contributed by atoms with E-state index in [2.05, 4.69) is 17.6 Å². The summed E-state index contributed by atoms with van der Waals surface area (Å²) in [6.07, 6.45) is 6.04. The highest BCUT2D eigenvalue weighted by Gasteiger charge is 2.58.